The smallest absolute Gasteiger partial charge is 0.238 e. The summed E-state index contributed by atoms with van der Waals surface area (Å²) in [6, 6.07) is 6.97. The number of methoxy groups -OCH3 is 1. The molecule has 1 aromatic rings. The van der Waals surface area contributed by atoms with E-state index in [9.17, 15) is 9.59 Å². The second kappa shape index (κ2) is 8.34. The lowest BCUT2D eigenvalue weighted by Crippen LogP contribution is -2.55. The van der Waals surface area contributed by atoms with E-state index in [0.717, 1.165) is 37.2 Å². The monoisotopic (exact) mass is 347 g/mol. The van der Waals surface area contributed by atoms with Gasteiger partial charge >= 0.3 is 0 Å². The molecule has 2 N–H and O–H groups in total. The van der Waals surface area contributed by atoms with Crippen LogP contribution in [0.5, 0.6) is 5.75 Å². The number of ether oxygens (including phenoxy) is 1. The van der Waals surface area contributed by atoms with Gasteiger partial charge in [-0.25, -0.2) is 0 Å². The Hall–Kier alpha value is -2.08. The van der Waals surface area contributed by atoms with Gasteiger partial charge in [0, 0.05) is 11.2 Å². The number of nitrogens with one attached hydrogen (secondary N) is 2. The summed E-state index contributed by atoms with van der Waals surface area (Å²) in [5.74, 6) is 0.637. The molecule has 6 heteroatoms. The van der Waals surface area contributed by atoms with Crippen LogP contribution in [-0.2, 0) is 9.59 Å². The zero-order valence-corrected chi connectivity index (χ0v) is 15.6. The molecule has 0 spiro atoms. The molecule has 1 aromatic carbocycles. The molecule has 25 heavy (non-hydrogen) atoms. The van der Waals surface area contributed by atoms with Crippen molar-refractivity contribution in [2.75, 3.05) is 25.5 Å². The second-order valence-electron chi connectivity index (χ2n) is 7.50. The minimum atomic E-state index is -0.272. The maximum Gasteiger partial charge on any atom is 0.238 e. The average molecular weight is 347 g/mol. The third-order valence-electron chi connectivity index (χ3n) is 4.13. The highest BCUT2D eigenvalue weighted by Crippen LogP contribution is 2.19. The minimum absolute atomic E-state index is 0.00412. The number of nitrogens with zero attached hydrogens (tertiary/aromatic N) is 1. The SMILES string of the molecule is COc1ccc(NC(=O)CN2CCCCC2C(=O)NC(C)(C)C)cc1. The van der Waals surface area contributed by atoms with E-state index in [1.165, 1.54) is 0 Å². The number of carbonyl (C=O) groups excluding carboxylic acids is 2. The van der Waals surface area contributed by atoms with Crippen LogP contribution in [0.1, 0.15) is 40.0 Å². The van der Waals surface area contributed by atoms with Crippen LogP contribution in [0, 0.1) is 0 Å². The largest absolute Gasteiger partial charge is 0.497 e. The molecule has 0 bridgehead atoms. The molecule has 0 aliphatic carbocycles. The van der Waals surface area contributed by atoms with E-state index in [1.54, 1.807) is 31.4 Å². The summed E-state index contributed by atoms with van der Waals surface area (Å²) in [6.45, 7) is 6.88. The fourth-order valence-corrected chi connectivity index (χ4v) is 2.99. The second-order valence-corrected chi connectivity index (χ2v) is 7.50. The molecule has 1 unspecified atom stereocenters. The van der Waals surface area contributed by atoms with Gasteiger partial charge in [0.2, 0.25) is 11.8 Å². The standard InChI is InChI=1S/C19H29N3O3/c1-19(2,3)21-18(24)16-7-5-6-12-22(16)13-17(23)20-14-8-10-15(25-4)11-9-14/h8-11,16H,5-7,12-13H2,1-4H3,(H,20,23)(H,21,24). The predicted molar refractivity (Wildman–Crippen MR) is 98.7 cm³/mol. The predicted octanol–water partition coefficient (Wildman–Crippen LogP) is 2.40. The van der Waals surface area contributed by atoms with Crippen LogP contribution in [0.4, 0.5) is 5.69 Å². The van der Waals surface area contributed by atoms with E-state index in [1.807, 2.05) is 25.7 Å². The first-order valence-electron chi connectivity index (χ1n) is 8.78. The Morgan fingerprint density at radius 2 is 1.88 bits per heavy atom. The molecule has 1 saturated heterocycles. The third-order valence-corrected chi connectivity index (χ3v) is 4.13. The molecule has 0 saturated carbocycles. The van der Waals surface area contributed by atoms with Crippen LogP contribution in [-0.4, -0.2) is 48.5 Å². The first-order valence-corrected chi connectivity index (χ1v) is 8.78. The minimum Gasteiger partial charge on any atom is -0.497 e. The van der Waals surface area contributed by atoms with E-state index >= 15 is 0 Å². The van der Waals surface area contributed by atoms with Crippen molar-refractivity contribution < 1.29 is 14.3 Å². The van der Waals surface area contributed by atoms with Crippen molar-refractivity contribution in [3.05, 3.63) is 24.3 Å². The lowest BCUT2D eigenvalue weighted by molar-refractivity contribution is -0.130. The van der Waals surface area contributed by atoms with Gasteiger partial charge in [0.05, 0.1) is 19.7 Å². The third kappa shape index (κ3) is 6.05. The van der Waals surface area contributed by atoms with E-state index in [0.29, 0.717) is 0 Å². The van der Waals surface area contributed by atoms with Gasteiger partial charge in [-0.15, -0.1) is 0 Å². The highest BCUT2D eigenvalue weighted by atomic mass is 16.5. The van der Waals surface area contributed by atoms with Crippen molar-refractivity contribution in [3.63, 3.8) is 0 Å². The number of rotatable bonds is 5. The van der Waals surface area contributed by atoms with Crippen LogP contribution in [0.25, 0.3) is 0 Å². The highest BCUT2D eigenvalue weighted by Gasteiger charge is 2.31. The van der Waals surface area contributed by atoms with E-state index in [4.69, 9.17) is 4.74 Å². The molecule has 1 aliphatic rings. The van der Waals surface area contributed by atoms with Crippen molar-refractivity contribution in [2.24, 2.45) is 0 Å². The molecular weight excluding hydrogens is 318 g/mol. The molecular formula is C19H29N3O3. The number of benzene rings is 1. The summed E-state index contributed by atoms with van der Waals surface area (Å²) < 4.78 is 5.11. The van der Waals surface area contributed by atoms with Crippen LogP contribution in [0.2, 0.25) is 0 Å². The average Bonchev–Trinajstić information content (AvgIpc) is 2.54. The summed E-state index contributed by atoms with van der Waals surface area (Å²) >= 11 is 0. The quantitative estimate of drug-likeness (QED) is 0.858. The number of piperidine rings is 1. The highest BCUT2D eigenvalue weighted by molar-refractivity contribution is 5.93. The van der Waals surface area contributed by atoms with Gasteiger partial charge in [-0.2, -0.15) is 0 Å². The molecule has 1 atom stereocenters. The molecule has 0 radical (unpaired) electrons. The molecule has 138 valence electrons. The number of anilines is 1. The number of amides is 2. The summed E-state index contributed by atoms with van der Waals surface area (Å²) in [7, 11) is 1.60. The van der Waals surface area contributed by atoms with Crippen LogP contribution in [0.3, 0.4) is 0 Å². The lowest BCUT2D eigenvalue weighted by atomic mass is 9.99. The number of carbonyl (C=O) groups is 2. The van der Waals surface area contributed by atoms with Crippen LogP contribution in [0.15, 0.2) is 24.3 Å². The fraction of sp³-hybridized carbons (Fsp3) is 0.579. The van der Waals surface area contributed by atoms with Gasteiger partial charge in [-0.1, -0.05) is 6.42 Å². The van der Waals surface area contributed by atoms with Gasteiger partial charge in [0.15, 0.2) is 0 Å². The Labute approximate surface area is 149 Å². The maximum atomic E-state index is 12.5. The number of likely N-dealkylation sites (tertiary alicyclic amines) is 1. The van der Waals surface area contributed by atoms with Gasteiger partial charge < -0.3 is 15.4 Å². The van der Waals surface area contributed by atoms with Gasteiger partial charge in [0.25, 0.3) is 0 Å². The van der Waals surface area contributed by atoms with E-state index in [-0.39, 0.29) is 29.9 Å². The summed E-state index contributed by atoms with van der Waals surface area (Å²) in [5, 5.41) is 5.91. The lowest BCUT2D eigenvalue weighted by Gasteiger charge is -2.35. The molecule has 1 aliphatic heterocycles. The van der Waals surface area contributed by atoms with Crippen molar-refractivity contribution >= 4 is 17.5 Å². The Kier molecular flexibility index (Phi) is 6.42. The van der Waals surface area contributed by atoms with Crippen molar-refractivity contribution in [1.82, 2.24) is 10.2 Å². The molecule has 1 heterocycles. The van der Waals surface area contributed by atoms with Crippen molar-refractivity contribution in [3.8, 4) is 5.75 Å². The molecule has 6 nitrogen and oxygen atoms in total. The molecule has 0 aromatic heterocycles. The van der Waals surface area contributed by atoms with Crippen LogP contribution >= 0.6 is 0 Å². The van der Waals surface area contributed by atoms with Gasteiger partial charge in [-0.3, -0.25) is 14.5 Å². The van der Waals surface area contributed by atoms with Crippen molar-refractivity contribution in [1.29, 1.82) is 0 Å². The normalized spacial score (nSPS) is 18.5. The Morgan fingerprint density at radius 3 is 2.48 bits per heavy atom. The Balaban J connectivity index is 1.95. The van der Waals surface area contributed by atoms with E-state index in [2.05, 4.69) is 10.6 Å². The topological polar surface area (TPSA) is 70.7 Å². The fourth-order valence-electron chi connectivity index (χ4n) is 2.99. The first kappa shape index (κ1) is 19.2. The summed E-state index contributed by atoms with van der Waals surface area (Å²) in [5.41, 5.74) is 0.449. The van der Waals surface area contributed by atoms with Gasteiger partial charge in [0.1, 0.15) is 5.75 Å². The molecule has 1 fully saturated rings. The Morgan fingerprint density at radius 1 is 1.20 bits per heavy atom. The van der Waals surface area contributed by atoms with Gasteiger partial charge in [-0.05, 0) is 64.4 Å². The summed E-state index contributed by atoms with van der Waals surface area (Å²) in [4.78, 5) is 26.9. The zero-order valence-electron chi connectivity index (χ0n) is 15.6. The van der Waals surface area contributed by atoms with Crippen LogP contribution < -0.4 is 15.4 Å². The van der Waals surface area contributed by atoms with Crippen molar-refractivity contribution in [2.45, 2.75) is 51.6 Å². The first-order chi connectivity index (χ1) is 11.8. The number of hydrogen-bond donors (Lipinski definition) is 2. The Bertz CT molecular complexity index is 593. The van der Waals surface area contributed by atoms with E-state index < -0.39 is 0 Å². The molecule has 2 amide bonds. The number of hydrogen-bond acceptors (Lipinski definition) is 4. The maximum absolute atomic E-state index is 12.5. The summed E-state index contributed by atoms with van der Waals surface area (Å²) in [6.07, 6.45) is 2.81. The zero-order chi connectivity index (χ0) is 18.4. The molecule has 2 rings (SSSR count).